The summed E-state index contributed by atoms with van der Waals surface area (Å²) in [6, 6.07) is 8.44. The monoisotopic (exact) mass is 300 g/mol. The molecule has 6 nitrogen and oxygen atoms in total. The van der Waals surface area contributed by atoms with Gasteiger partial charge in [0, 0.05) is 24.0 Å². The predicted octanol–water partition coefficient (Wildman–Crippen LogP) is 2.22. The van der Waals surface area contributed by atoms with E-state index in [1.54, 1.807) is 37.4 Å². The highest BCUT2D eigenvalue weighted by atomic mass is 16.2. The molecule has 1 heterocycles. The van der Waals surface area contributed by atoms with E-state index >= 15 is 0 Å². The maximum absolute atomic E-state index is 12.1. The molecule has 0 aliphatic heterocycles. The van der Waals surface area contributed by atoms with Crippen LogP contribution in [0.2, 0.25) is 0 Å². The van der Waals surface area contributed by atoms with Crippen LogP contribution in [-0.4, -0.2) is 29.1 Å². The number of H-pyrrole nitrogens is 1. The molecule has 0 unspecified atom stereocenters. The van der Waals surface area contributed by atoms with E-state index in [0.717, 1.165) is 12.1 Å². The second-order valence-corrected chi connectivity index (χ2v) is 5.49. The van der Waals surface area contributed by atoms with E-state index in [-0.39, 0.29) is 11.8 Å². The number of aromatic nitrogens is 2. The van der Waals surface area contributed by atoms with Crippen molar-refractivity contribution in [3.63, 3.8) is 0 Å². The van der Waals surface area contributed by atoms with Crippen LogP contribution in [0.25, 0.3) is 0 Å². The van der Waals surface area contributed by atoms with Crippen LogP contribution in [0.5, 0.6) is 0 Å². The average Bonchev–Trinajstić information content (AvgIpc) is 2.95. The number of amides is 2. The molecule has 1 aromatic carbocycles. The first kappa shape index (κ1) is 15.8. The molecule has 0 saturated heterocycles. The minimum Gasteiger partial charge on any atom is -0.355 e. The lowest BCUT2D eigenvalue weighted by Crippen LogP contribution is -2.18. The summed E-state index contributed by atoms with van der Waals surface area (Å²) < 4.78 is 0. The van der Waals surface area contributed by atoms with Crippen LogP contribution >= 0.6 is 0 Å². The smallest absolute Gasteiger partial charge is 0.276 e. The van der Waals surface area contributed by atoms with Gasteiger partial charge in [0.15, 0.2) is 5.69 Å². The number of anilines is 1. The first-order valence-electron chi connectivity index (χ1n) is 7.17. The van der Waals surface area contributed by atoms with Crippen molar-refractivity contribution in [2.24, 2.45) is 5.92 Å². The van der Waals surface area contributed by atoms with Crippen molar-refractivity contribution >= 4 is 17.5 Å². The molecule has 0 aliphatic carbocycles. The third kappa shape index (κ3) is 3.94. The lowest BCUT2D eigenvalue weighted by Gasteiger charge is -2.04. The fraction of sp³-hybridized carbons (Fsp3) is 0.312. The lowest BCUT2D eigenvalue weighted by atomic mass is 10.1. The second kappa shape index (κ2) is 6.89. The first-order chi connectivity index (χ1) is 10.5. The Morgan fingerprint density at radius 1 is 1.18 bits per heavy atom. The Morgan fingerprint density at radius 3 is 2.45 bits per heavy atom. The zero-order valence-electron chi connectivity index (χ0n) is 12.9. The number of nitrogens with zero attached hydrogens (tertiary/aromatic N) is 1. The average molecular weight is 300 g/mol. The van der Waals surface area contributed by atoms with Crippen molar-refractivity contribution in [3.8, 4) is 0 Å². The van der Waals surface area contributed by atoms with Gasteiger partial charge in [0.05, 0.1) is 0 Å². The van der Waals surface area contributed by atoms with Gasteiger partial charge in [0.1, 0.15) is 0 Å². The van der Waals surface area contributed by atoms with Crippen molar-refractivity contribution in [3.05, 3.63) is 47.3 Å². The van der Waals surface area contributed by atoms with Gasteiger partial charge in [0.25, 0.3) is 11.8 Å². The summed E-state index contributed by atoms with van der Waals surface area (Å²) in [5, 5.41) is 12.2. The van der Waals surface area contributed by atoms with Crippen LogP contribution in [0, 0.1) is 5.92 Å². The fourth-order valence-corrected chi connectivity index (χ4v) is 2.07. The molecule has 6 heteroatoms. The highest BCUT2D eigenvalue weighted by molar-refractivity contribution is 6.03. The number of benzene rings is 1. The van der Waals surface area contributed by atoms with Crippen LogP contribution < -0.4 is 10.6 Å². The molecule has 22 heavy (non-hydrogen) atoms. The molecular weight excluding hydrogens is 280 g/mol. The first-order valence-corrected chi connectivity index (χ1v) is 7.17. The molecule has 3 N–H and O–H groups in total. The number of carbonyl (C=O) groups is 2. The van der Waals surface area contributed by atoms with Gasteiger partial charge in [-0.05, 0) is 42.7 Å². The van der Waals surface area contributed by atoms with Crippen molar-refractivity contribution < 1.29 is 9.59 Å². The highest BCUT2D eigenvalue weighted by Gasteiger charge is 2.12. The second-order valence-electron chi connectivity index (χ2n) is 5.49. The van der Waals surface area contributed by atoms with Crippen LogP contribution in [0.3, 0.4) is 0 Å². The minimum atomic E-state index is -0.279. The van der Waals surface area contributed by atoms with Crippen molar-refractivity contribution in [1.82, 2.24) is 15.5 Å². The van der Waals surface area contributed by atoms with Gasteiger partial charge in [-0.2, -0.15) is 5.10 Å². The van der Waals surface area contributed by atoms with Crippen LogP contribution in [0.4, 0.5) is 5.69 Å². The standard InChI is InChI=1S/C16H20N4O2/c1-10(2)8-13-9-14(20-19-13)16(22)18-12-6-4-11(5-7-12)15(21)17-3/h4-7,9-10H,8H2,1-3H3,(H,17,21)(H,18,22)(H,19,20). The van der Waals surface area contributed by atoms with E-state index in [1.807, 2.05) is 0 Å². The number of carbonyl (C=O) groups excluding carboxylic acids is 2. The van der Waals surface area contributed by atoms with Crippen molar-refractivity contribution in [1.29, 1.82) is 0 Å². The third-order valence-corrected chi connectivity index (χ3v) is 3.12. The Kier molecular flexibility index (Phi) is 4.93. The van der Waals surface area contributed by atoms with Gasteiger partial charge >= 0.3 is 0 Å². The summed E-state index contributed by atoms with van der Waals surface area (Å²) in [6.07, 6.45) is 0.848. The SMILES string of the molecule is CNC(=O)c1ccc(NC(=O)c2cc(CC(C)C)[nH]n2)cc1. The van der Waals surface area contributed by atoms with Gasteiger partial charge in [-0.1, -0.05) is 13.8 Å². The Labute approximate surface area is 129 Å². The van der Waals surface area contributed by atoms with E-state index in [0.29, 0.717) is 22.9 Å². The zero-order valence-corrected chi connectivity index (χ0v) is 12.9. The Bertz CT molecular complexity index is 659. The minimum absolute atomic E-state index is 0.163. The largest absolute Gasteiger partial charge is 0.355 e. The molecule has 116 valence electrons. The number of hydrogen-bond acceptors (Lipinski definition) is 3. The summed E-state index contributed by atoms with van der Waals surface area (Å²) in [4.78, 5) is 23.6. The molecule has 0 aliphatic rings. The molecule has 0 fully saturated rings. The summed E-state index contributed by atoms with van der Waals surface area (Å²) in [6.45, 7) is 4.21. The van der Waals surface area contributed by atoms with E-state index in [9.17, 15) is 9.59 Å². The van der Waals surface area contributed by atoms with Crippen LogP contribution in [0.1, 0.15) is 40.4 Å². The number of rotatable bonds is 5. The van der Waals surface area contributed by atoms with Crippen LogP contribution in [-0.2, 0) is 6.42 Å². The molecule has 1 aromatic heterocycles. The summed E-state index contributed by atoms with van der Waals surface area (Å²) in [7, 11) is 1.57. The molecule has 2 aromatic rings. The normalized spacial score (nSPS) is 10.5. The molecule has 0 atom stereocenters. The zero-order chi connectivity index (χ0) is 16.1. The number of hydrogen-bond donors (Lipinski definition) is 3. The number of nitrogens with one attached hydrogen (secondary N) is 3. The Hall–Kier alpha value is -2.63. The lowest BCUT2D eigenvalue weighted by molar-refractivity contribution is 0.0962. The van der Waals surface area contributed by atoms with Gasteiger partial charge in [0.2, 0.25) is 0 Å². The van der Waals surface area contributed by atoms with Crippen LogP contribution in [0.15, 0.2) is 30.3 Å². The molecule has 0 radical (unpaired) electrons. The van der Waals surface area contributed by atoms with Crippen molar-refractivity contribution in [2.45, 2.75) is 20.3 Å². The van der Waals surface area contributed by atoms with Gasteiger partial charge in [-0.15, -0.1) is 0 Å². The van der Waals surface area contributed by atoms with E-state index in [4.69, 9.17) is 0 Å². The molecule has 2 rings (SSSR count). The Morgan fingerprint density at radius 2 is 1.86 bits per heavy atom. The van der Waals surface area contributed by atoms with Gasteiger partial charge in [-0.3, -0.25) is 14.7 Å². The van der Waals surface area contributed by atoms with Gasteiger partial charge < -0.3 is 10.6 Å². The van der Waals surface area contributed by atoms with E-state index < -0.39 is 0 Å². The molecule has 0 spiro atoms. The maximum Gasteiger partial charge on any atom is 0.276 e. The molecule has 0 saturated carbocycles. The summed E-state index contributed by atoms with van der Waals surface area (Å²) >= 11 is 0. The van der Waals surface area contributed by atoms with Gasteiger partial charge in [-0.25, -0.2) is 0 Å². The fourth-order valence-electron chi connectivity index (χ4n) is 2.07. The van der Waals surface area contributed by atoms with Crippen molar-refractivity contribution in [2.75, 3.05) is 12.4 Å². The summed E-state index contributed by atoms with van der Waals surface area (Å²) in [5.41, 5.74) is 2.45. The quantitative estimate of drug-likeness (QED) is 0.791. The summed E-state index contributed by atoms with van der Waals surface area (Å²) in [5.74, 6) is 0.0519. The Balaban J connectivity index is 2.02. The van der Waals surface area contributed by atoms with E-state index in [1.165, 1.54) is 0 Å². The van der Waals surface area contributed by atoms with E-state index in [2.05, 4.69) is 34.7 Å². The molecule has 0 bridgehead atoms. The third-order valence-electron chi connectivity index (χ3n) is 3.12. The molecular formula is C16H20N4O2. The predicted molar refractivity (Wildman–Crippen MR) is 84.9 cm³/mol. The highest BCUT2D eigenvalue weighted by Crippen LogP contribution is 2.12. The topological polar surface area (TPSA) is 86.9 Å². The maximum atomic E-state index is 12.1. The molecule has 2 amide bonds. The number of aromatic amines is 1.